The molecule has 0 radical (unpaired) electrons. The Labute approximate surface area is 177 Å². The number of carbonyl (C=O) groups excluding carboxylic acids is 3. The van der Waals surface area contributed by atoms with E-state index in [4.69, 9.17) is 4.74 Å². The molecule has 0 spiro atoms. The van der Waals surface area contributed by atoms with Gasteiger partial charge in [0.1, 0.15) is 5.75 Å². The van der Waals surface area contributed by atoms with Gasteiger partial charge in [0.15, 0.2) is 0 Å². The van der Waals surface area contributed by atoms with E-state index in [-0.39, 0.29) is 36.7 Å². The smallest absolute Gasteiger partial charge is 0.243 e. The topological polar surface area (TPSA) is 87.7 Å². The fourth-order valence-corrected chi connectivity index (χ4v) is 2.79. The summed E-state index contributed by atoms with van der Waals surface area (Å²) in [4.78, 5) is 38.7. The minimum Gasteiger partial charge on any atom is -0.497 e. The van der Waals surface area contributed by atoms with Crippen LogP contribution in [-0.4, -0.2) is 42.8 Å². The van der Waals surface area contributed by atoms with Gasteiger partial charge in [-0.3, -0.25) is 14.4 Å². The normalized spacial score (nSPS) is 11.3. The first-order valence-corrected chi connectivity index (χ1v) is 9.96. The summed E-state index contributed by atoms with van der Waals surface area (Å²) < 4.78 is 5.07. The molecule has 7 heteroatoms. The highest BCUT2D eigenvalue weighted by molar-refractivity contribution is 5.95. The van der Waals surface area contributed by atoms with Crippen LogP contribution in [0.25, 0.3) is 0 Å². The fraction of sp³-hybridized carbons (Fsp3) is 0.348. The van der Waals surface area contributed by atoms with E-state index >= 15 is 0 Å². The molecule has 2 rings (SSSR count). The third kappa shape index (κ3) is 7.24. The summed E-state index contributed by atoms with van der Waals surface area (Å²) in [6, 6.07) is 16.4. The fourth-order valence-electron chi connectivity index (χ4n) is 2.79. The summed E-state index contributed by atoms with van der Waals surface area (Å²) in [5.74, 6) is -0.311. The van der Waals surface area contributed by atoms with Crippen LogP contribution in [0.1, 0.15) is 25.8 Å². The molecular formula is C23H29N3O4. The third-order valence-corrected chi connectivity index (χ3v) is 4.72. The number of benzene rings is 2. The van der Waals surface area contributed by atoms with Crippen LogP contribution in [-0.2, 0) is 20.9 Å². The van der Waals surface area contributed by atoms with Crippen molar-refractivity contribution in [2.45, 2.75) is 26.8 Å². The van der Waals surface area contributed by atoms with Gasteiger partial charge in [0.25, 0.3) is 0 Å². The van der Waals surface area contributed by atoms with Gasteiger partial charge < -0.3 is 20.3 Å². The minimum absolute atomic E-state index is 0.0841. The zero-order chi connectivity index (χ0) is 21.9. The molecule has 0 aliphatic carbocycles. The lowest BCUT2D eigenvalue weighted by molar-refractivity contribution is -0.139. The van der Waals surface area contributed by atoms with E-state index in [0.29, 0.717) is 24.4 Å². The zero-order valence-corrected chi connectivity index (χ0v) is 17.7. The van der Waals surface area contributed by atoms with Crippen molar-refractivity contribution in [1.82, 2.24) is 10.2 Å². The highest BCUT2D eigenvalue weighted by atomic mass is 16.5. The van der Waals surface area contributed by atoms with Gasteiger partial charge in [-0.15, -0.1) is 0 Å². The molecular weight excluding hydrogens is 382 g/mol. The third-order valence-electron chi connectivity index (χ3n) is 4.72. The summed E-state index contributed by atoms with van der Waals surface area (Å²) in [5, 5.41) is 5.29. The molecule has 0 fully saturated rings. The molecule has 2 N–H and O–H groups in total. The lowest BCUT2D eigenvalue weighted by Crippen LogP contribution is -2.44. The van der Waals surface area contributed by atoms with E-state index in [2.05, 4.69) is 10.6 Å². The summed E-state index contributed by atoms with van der Waals surface area (Å²) in [6.45, 7) is 3.85. The van der Waals surface area contributed by atoms with Crippen molar-refractivity contribution in [2.24, 2.45) is 5.92 Å². The van der Waals surface area contributed by atoms with E-state index in [1.807, 2.05) is 44.2 Å². The number of rotatable bonds is 10. The van der Waals surface area contributed by atoms with Crippen LogP contribution in [0, 0.1) is 5.92 Å². The van der Waals surface area contributed by atoms with Crippen molar-refractivity contribution >= 4 is 23.4 Å². The lowest BCUT2D eigenvalue weighted by Gasteiger charge is -2.25. The first-order chi connectivity index (χ1) is 14.4. The van der Waals surface area contributed by atoms with E-state index in [0.717, 1.165) is 5.56 Å². The number of methoxy groups -OCH3 is 1. The Balaban J connectivity index is 1.90. The molecule has 0 heterocycles. The standard InChI is InChI=1S/C23H29N3O4/c1-4-17(2)23(29)26(15-18-8-6-5-7-9-18)16-22(28)24-14-21(27)25-19-10-12-20(30-3)13-11-19/h5-13,17H,4,14-16H2,1-3H3,(H,24,28)(H,25,27). The maximum absolute atomic E-state index is 12.7. The van der Waals surface area contributed by atoms with Crippen LogP contribution in [0.15, 0.2) is 54.6 Å². The molecule has 0 saturated heterocycles. The van der Waals surface area contributed by atoms with Crippen LogP contribution in [0.3, 0.4) is 0 Å². The summed E-state index contributed by atoms with van der Waals surface area (Å²) in [6.07, 6.45) is 0.690. The number of amides is 3. The number of ether oxygens (including phenoxy) is 1. The van der Waals surface area contributed by atoms with Gasteiger partial charge in [0.05, 0.1) is 20.2 Å². The second-order valence-electron chi connectivity index (χ2n) is 7.04. The first-order valence-electron chi connectivity index (χ1n) is 9.96. The van der Waals surface area contributed by atoms with Gasteiger partial charge in [0, 0.05) is 18.2 Å². The van der Waals surface area contributed by atoms with Crippen LogP contribution in [0.5, 0.6) is 5.75 Å². The van der Waals surface area contributed by atoms with Crippen LogP contribution < -0.4 is 15.4 Å². The molecule has 0 saturated carbocycles. The number of anilines is 1. The molecule has 3 amide bonds. The molecule has 0 aliphatic heterocycles. The van der Waals surface area contributed by atoms with Gasteiger partial charge in [-0.1, -0.05) is 44.2 Å². The van der Waals surface area contributed by atoms with E-state index in [9.17, 15) is 14.4 Å². The number of hydrogen-bond acceptors (Lipinski definition) is 4. The highest BCUT2D eigenvalue weighted by Gasteiger charge is 2.22. The molecule has 1 unspecified atom stereocenters. The van der Waals surface area contributed by atoms with Gasteiger partial charge in [-0.2, -0.15) is 0 Å². The van der Waals surface area contributed by atoms with Crippen molar-refractivity contribution in [3.63, 3.8) is 0 Å². The Morgan fingerprint density at radius 2 is 1.67 bits per heavy atom. The Morgan fingerprint density at radius 1 is 1.00 bits per heavy atom. The highest BCUT2D eigenvalue weighted by Crippen LogP contribution is 2.15. The SMILES string of the molecule is CCC(C)C(=O)N(CC(=O)NCC(=O)Nc1ccc(OC)cc1)Cc1ccccc1. The van der Waals surface area contributed by atoms with Crippen molar-refractivity contribution < 1.29 is 19.1 Å². The maximum Gasteiger partial charge on any atom is 0.243 e. The van der Waals surface area contributed by atoms with Gasteiger partial charge >= 0.3 is 0 Å². The summed E-state index contributed by atoms with van der Waals surface area (Å²) in [7, 11) is 1.57. The van der Waals surface area contributed by atoms with Crippen LogP contribution in [0.4, 0.5) is 5.69 Å². The quantitative estimate of drug-likeness (QED) is 0.629. The largest absolute Gasteiger partial charge is 0.497 e. The number of nitrogens with one attached hydrogen (secondary N) is 2. The summed E-state index contributed by atoms with van der Waals surface area (Å²) >= 11 is 0. The lowest BCUT2D eigenvalue weighted by atomic mass is 10.1. The number of nitrogens with zero attached hydrogens (tertiary/aromatic N) is 1. The van der Waals surface area contributed by atoms with Crippen molar-refractivity contribution in [3.05, 3.63) is 60.2 Å². The second kappa shape index (κ2) is 11.6. The van der Waals surface area contributed by atoms with Crippen molar-refractivity contribution in [3.8, 4) is 5.75 Å². The first kappa shape index (κ1) is 22.9. The molecule has 0 bridgehead atoms. The Hall–Kier alpha value is -3.35. The van der Waals surface area contributed by atoms with Crippen molar-refractivity contribution in [2.75, 3.05) is 25.5 Å². The molecule has 0 aromatic heterocycles. The molecule has 2 aromatic carbocycles. The van der Waals surface area contributed by atoms with Gasteiger partial charge in [0.2, 0.25) is 17.7 Å². The zero-order valence-electron chi connectivity index (χ0n) is 17.7. The van der Waals surface area contributed by atoms with Gasteiger partial charge in [-0.05, 0) is 36.2 Å². The molecule has 7 nitrogen and oxygen atoms in total. The monoisotopic (exact) mass is 411 g/mol. The van der Waals surface area contributed by atoms with E-state index in [1.54, 1.807) is 31.4 Å². The average Bonchev–Trinajstić information content (AvgIpc) is 2.77. The second-order valence-corrected chi connectivity index (χ2v) is 7.04. The maximum atomic E-state index is 12.7. The van der Waals surface area contributed by atoms with Crippen LogP contribution >= 0.6 is 0 Å². The predicted octanol–water partition coefficient (Wildman–Crippen LogP) is 2.82. The predicted molar refractivity (Wildman–Crippen MR) is 116 cm³/mol. The van der Waals surface area contributed by atoms with Gasteiger partial charge in [-0.25, -0.2) is 0 Å². The van der Waals surface area contributed by atoms with Crippen molar-refractivity contribution in [1.29, 1.82) is 0 Å². The molecule has 2 aromatic rings. The molecule has 1 atom stereocenters. The average molecular weight is 412 g/mol. The summed E-state index contributed by atoms with van der Waals surface area (Å²) in [5.41, 5.74) is 1.55. The minimum atomic E-state index is -0.382. The Kier molecular flexibility index (Phi) is 8.87. The molecule has 0 aliphatic rings. The van der Waals surface area contributed by atoms with E-state index in [1.165, 1.54) is 4.90 Å². The van der Waals surface area contributed by atoms with Crippen LogP contribution in [0.2, 0.25) is 0 Å². The van der Waals surface area contributed by atoms with E-state index < -0.39 is 0 Å². The number of carbonyl (C=O) groups is 3. The Morgan fingerprint density at radius 3 is 2.27 bits per heavy atom. The Bertz CT molecular complexity index is 837. The molecule has 160 valence electrons. The molecule has 30 heavy (non-hydrogen) atoms. The number of hydrogen-bond donors (Lipinski definition) is 2.